The average Bonchev–Trinajstić information content (AvgIpc) is 3.42. The van der Waals surface area contributed by atoms with Gasteiger partial charge in [0.2, 0.25) is 0 Å². The molecular formula is C21H21ClFN7O. The molecule has 8 nitrogen and oxygen atoms in total. The van der Waals surface area contributed by atoms with E-state index >= 15 is 0 Å². The molecule has 10 heteroatoms. The van der Waals surface area contributed by atoms with Gasteiger partial charge in [0.05, 0.1) is 28.8 Å². The van der Waals surface area contributed by atoms with Crippen molar-refractivity contribution in [2.45, 2.75) is 31.8 Å². The summed E-state index contributed by atoms with van der Waals surface area (Å²) >= 11 is 6.47. The minimum absolute atomic E-state index is 0.172. The van der Waals surface area contributed by atoms with E-state index in [9.17, 15) is 9.50 Å². The van der Waals surface area contributed by atoms with Crippen LogP contribution in [-0.4, -0.2) is 54.2 Å². The van der Waals surface area contributed by atoms with Crippen molar-refractivity contribution in [1.82, 2.24) is 29.8 Å². The van der Waals surface area contributed by atoms with Gasteiger partial charge in [-0.05, 0) is 30.9 Å². The number of H-pyrrole nitrogens is 1. The fraction of sp³-hybridized carbons (Fsp3) is 0.333. The predicted octanol–water partition coefficient (Wildman–Crippen LogP) is 3.76. The largest absolute Gasteiger partial charge is 0.372 e. The number of nitrogens with zero attached hydrogens (tertiary/aromatic N) is 5. The molecule has 3 unspecified atom stereocenters. The number of aromatic nitrogens is 5. The van der Waals surface area contributed by atoms with E-state index in [1.54, 1.807) is 17.3 Å². The molecule has 31 heavy (non-hydrogen) atoms. The molecule has 3 N–H and O–H groups in total. The third kappa shape index (κ3) is 3.69. The van der Waals surface area contributed by atoms with Crippen molar-refractivity contribution in [2.75, 3.05) is 18.4 Å². The zero-order chi connectivity index (χ0) is 21.5. The normalized spacial score (nSPS) is 19.2. The third-order valence-corrected chi connectivity index (χ3v) is 5.94. The first-order valence-corrected chi connectivity index (χ1v) is 10.4. The Labute approximate surface area is 182 Å². The van der Waals surface area contributed by atoms with E-state index in [2.05, 4.69) is 25.3 Å². The molecule has 0 radical (unpaired) electrons. The summed E-state index contributed by atoms with van der Waals surface area (Å²) < 4.78 is 13.8. The zero-order valence-corrected chi connectivity index (χ0v) is 17.5. The summed E-state index contributed by atoms with van der Waals surface area (Å²) in [7, 11) is 0. The number of alkyl halides is 1. The van der Waals surface area contributed by atoms with Crippen LogP contribution in [0.1, 0.15) is 37.0 Å². The van der Waals surface area contributed by atoms with Gasteiger partial charge >= 0.3 is 0 Å². The summed E-state index contributed by atoms with van der Waals surface area (Å²) in [5, 5.41) is 16.4. The van der Waals surface area contributed by atoms with Crippen LogP contribution in [-0.2, 0) is 0 Å². The van der Waals surface area contributed by atoms with Crippen LogP contribution in [0.3, 0.4) is 0 Å². The minimum Gasteiger partial charge on any atom is -0.372 e. The van der Waals surface area contributed by atoms with Gasteiger partial charge in [-0.1, -0.05) is 23.7 Å². The molecule has 3 aromatic heterocycles. The molecule has 1 fully saturated rings. The predicted molar refractivity (Wildman–Crippen MR) is 117 cm³/mol. The fourth-order valence-electron chi connectivity index (χ4n) is 4.02. The Morgan fingerprint density at radius 1 is 1.32 bits per heavy atom. The number of hydrogen-bond acceptors (Lipinski definition) is 7. The van der Waals surface area contributed by atoms with Crippen molar-refractivity contribution in [2.24, 2.45) is 0 Å². The summed E-state index contributed by atoms with van der Waals surface area (Å²) in [4.78, 5) is 22.1. The van der Waals surface area contributed by atoms with E-state index in [1.165, 1.54) is 6.33 Å². The number of nitrogens with one attached hydrogen (secondary N) is 2. The van der Waals surface area contributed by atoms with Crippen molar-refractivity contribution in [3.05, 3.63) is 53.3 Å². The van der Waals surface area contributed by atoms with Gasteiger partial charge in [0.1, 0.15) is 18.0 Å². The van der Waals surface area contributed by atoms with Gasteiger partial charge in [-0.15, -0.1) is 0 Å². The first-order valence-electron chi connectivity index (χ1n) is 10.1. The highest BCUT2D eigenvalue weighted by atomic mass is 35.5. The van der Waals surface area contributed by atoms with Crippen molar-refractivity contribution in [1.29, 1.82) is 0 Å². The summed E-state index contributed by atoms with van der Waals surface area (Å²) in [6.07, 6.45) is 1.41. The van der Waals surface area contributed by atoms with Gasteiger partial charge in [0, 0.05) is 18.5 Å². The number of fused-ring (bicyclic) bond motifs is 2. The van der Waals surface area contributed by atoms with Crippen molar-refractivity contribution in [3.63, 3.8) is 0 Å². The molecule has 3 atom stereocenters. The monoisotopic (exact) mass is 441 g/mol. The molecule has 0 bridgehead atoms. The summed E-state index contributed by atoms with van der Waals surface area (Å²) in [5.41, 5.74) is 2.39. The van der Waals surface area contributed by atoms with Gasteiger partial charge < -0.3 is 15.4 Å². The molecule has 5 rings (SSSR count). The number of anilines is 1. The second-order valence-corrected chi connectivity index (χ2v) is 8.12. The number of aliphatic hydroxyl groups is 1. The van der Waals surface area contributed by atoms with E-state index in [1.807, 2.05) is 25.1 Å². The van der Waals surface area contributed by atoms with E-state index in [0.29, 0.717) is 51.7 Å². The third-order valence-electron chi connectivity index (χ3n) is 5.63. The topological polar surface area (TPSA) is 103 Å². The van der Waals surface area contributed by atoms with E-state index in [-0.39, 0.29) is 12.6 Å². The van der Waals surface area contributed by atoms with Crippen LogP contribution < -0.4 is 5.32 Å². The maximum Gasteiger partial charge on any atom is 0.182 e. The average molecular weight is 442 g/mol. The number of imidazole rings is 1. The van der Waals surface area contributed by atoms with Gasteiger partial charge in [0.15, 0.2) is 17.7 Å². The van der Waals surface area contributed by atoms with Crippen LogP contribution in [0, 0.1) is 0 Å². The summed E-state index contributed by atoms with van der Waals surface area (Å²) in [6.45, 7) is 2.59. The second kappa shape index (κ2) is 7.99. The summed E-state index contributed by atoms with van der Waals surface area (Å²) in [5.74, 6) is 0.602. The number of benzene rings is 1. The van der Waals surface area contributed by atoms with Crippen molar-refractivity contribution < 1.29 is 9.50 Å². The molecule has 1 aromatic carbocycles. The molecule has 4 heterocycles. The van der Waals surface area contributed by atoms with Gasteiger partial charge in [-0.3, -0.25) is 9.88 Å². The lowest BCUT2D eigenvalue weighted by atomic mass is 10.0. The fourth-order valence-corrected chi connectivity index (χ4v) is 4.30. The summed E-state index contributed by atoms with van der Waals surface area (Å²) in [6, 6.07) is 7.23. The first-order chi connectivity index (χ1) is 15.0. The van der Waals surface area contributed by atoms with Crippen molar-refractivity contribution in [3.8, 4) is 0 Å². The molecule has 0 saturated carbocycles. The number of rotatable bonds is 5. The first kappa shape index (κ1) is 20.0. The number of aromatic amines is 1. The number of hydrogen-bond donors (Lipinski definition) is 3. The second-order valence-electron chi connectivity index (χ2n) is 7.71. The lowest BCUT2D eigenvalue weighted by molar-refractivity contribution is 0.0127. The minimum atomic E-state index is -1.05. The van der Waals surface area contributed by atoms with Crippen LogP contribution >= 0.6 is 11.6 Å². The Morgan fingerprint density at radius 2 is 2.19 bits per heavy atom. The number of likely N-dealkylation sites (tertiary alicyclic amines) is 1. The lowest BCUT2D eigenvalue weighted by Crippen LogP contribution is -2.28. The van der Waals surface area contributed by atoms with Crippen molar-refractivity contribution >= 4 is 39.4 Å². The maximum atomic E-state index is 13.8. The molecule has 0 spiro atoms. The van der Waals surface area contributed by atoms with Crippen LogP contribution in [0.15, 0.2) is 36.9 Å². The molecule has 0 amide bonds. The Kier molecular flexibility index (Phi) is 5.17. The molecule has 4 aromatic rings. The Bertz CT molecular complexity index is 1250. The van der Waals surface area contributed by atoms with E-state index < -0.39 is 12.4 Å². The molecule has 1 aliphatic heterocycles. The Balaban J connectivity index is 1.55. The Morgan fingerprint density at radius 3 is 3.00 bits per heavy atom. The highest BCUT2D eigenvalue weighted by molar-refractivity contribution is 6.35. The quantitative estimate of drug-likeness (QED) is 0.433. The molecule has 1 saturated heterocycles. The van der Waals surface area contributed by atoms with Gasteiger partial charge in [-0.25, -0.2) is 19.3 Å². The Hall–Kier alpha value is -2.88. The highest BCUT2D eigenvalue weighted by Gasteiger charge is 2.30. The smallest absolute Gasteiger partial charge is 0.182 e. The SMILES string of the molecule is CC(Nc1ncnc2nc[nH]c12)c1cc2cccc(Cl)c2c(C(O)N2CCC(F)C2)n1. The highest BCUT2D eigenvalue weighted by Crippen LogP contribution is 2.34. The van der Waals surface area contributed by atoms with Crippen LogP contribution in [0.25, 0.3) is 21.9 Å². The maximum absolute atomic E-state index is 13.8. The van der Waals surface area contributed by atoms with Gasteiger partial charge in [-0.2, -0.15) is 0 Å². The van der Waals surface area contributed by atoms with Gasteiger partial charge in [0.25, 0.3) is 0 Å². The zero-order valence-electron chi connectivity index (χ0n) is 16.8. The number of pyridine rings is 1. The number of halogens is 2. The van der Waals surface area contributed by atoms with E-state index in [4.69, 9.17) is 16.6 Å². The molecular weight excluding hydrogens is 421 g/mol. The molecule has 160 valence electrons. The molecule has 1 aliphatic rings. The van der Waals surface area contributed by atoms with E-state index in [0.717, 1.165) is 5.39 Å². The number of aliphatic hydroxyl groups excluding tert-OH is 1. The van der Waals surface area contributed by atoms with Crippen LogP contribution in [0.4, 0.5) is 10.2 Å². The lowest BCUT2D eigenvalue weighted by Gasteiger charge is -2.25. The molecule has 0 aliphatic carbocycles. The standard InChI is InChI=1S/C21H21ClFN7O/c1-11(28-20-18-19(25-9-24-18)26-10-27-20)15-7-12-3-2-4-14(22)16(12)17(29-15)21(31)30-6-5-13(23)8-30/h2-4,7,9-11,13,21,31H,5-6,8H2,1H3,(H2,24,25,26,27,28). The van der Waals surface area contributed by atoms with Crippen LogP contribution in [0.5, 0.6) is 0 Å². The van der Waals surface area contributed by atoms with Crippen LogP contribution in [0.2, 0.25) is 5.02 Å².